The highest BCUT2D eigenvalue weighted by Gasteiger charge is 2.21. The first-order chi connectivity index (χ1) is 11.1. The second kappa shape index (κ2) is 6.81. The number of hydrogen-bond donors (Lipinski definition) is 1. The van der Waals surface area contributed by atoms with Gasteiger partial charge in [0.1, 0.15) is 0 Å². The molecule has 1 aliphatic heterocycles. The first kappa shape index (κ1) is 15.5. The van der Waals surface area contributed by atoms with E-state index in [1.54, 1.807) is 0 Å². The SMILES string of the molecule is Cc1n[nH]c(C)c1CC(=O)N1CCCN(c2ccncc2)CC1. The summed E-state index contributed by atoms with van der Waals surface area (Å²) in [7, 11) is 0. The molecule has 6 heteroatoms. The van der Waals surface area contributed by atoms with E-state index in [1.165, 1.54) is 5.69 Å². The average molecular weight is 313 g/mol. The Labute approximate surface area is 136 Å². The first-order valence-electron chi connectivity index (χ1n) is 8.08. The molecule has 3 heterocycles. The monoisotopic (exact) mass is 313 g/mol. The van der Waals surface area contributed by atoms with Crippen LogP contribution in [0.25, 0.3) is 0 Å². The highest BCUT2D eigenvalue weighted by Crippen LogP contribution is 2.16. The van der Waals surface area contributed by atoms with E-state index in [2.05, 4.69) is 20.1 Å². The van der Waals surface area contributed by atoms with Crippen molar-refractivity contribution in [2.45, 2.75) is 26.7 Å². The lowest BCUT2D eigenvalue weighted by Gasteiger charge is -2.23. The van der Waals surface area contributed by atoms with E-state index in [0.717, 1.165) is 49.6 Å². The number of aryl methyl sites for hydroxylation is 2. The Balaban J connectivity index is 1.63. The Hall–Kier alpha value is -2.37. The lowest BCUT2D eigenvalue weighted by atomic mass is 10.1. The first-order valence-corrected chi connectivity index (χ1v) is 8.08. The number of aromatic nitrogens is 3. The van der Waals surface area contributed by atoms with Gasteiger partial charge in [0.25, 0.3) is 0 Å². The Kier molecular flexibility index (Phi) is 4.60. The topological polar surface area (TPSA) is 65.1 Å². The zero-order valence-electron chi connectivity index (χ0n) is 13.7. The largest absolute Gasteiger partial charge is 0.370 e. The fraction of sp³-hybridized carbons (Fsp3) is 0.471. The molecule has 0 radical (unpaired) electrons. The fourth-order valence-corrected chi connectivity index (χ4v) is 3.08. The number of nitrogens with one attached hydrogen (secondary N) is 1. The third kappa shape index (κ3) is 3.52. The van der Waals surface area contributed by atoms with Gasteiger partial charge in [-0.25, -0.2) is 0 Å². The van der Waals surface area contributed by atoms with E-state index >= 15 is 0 Å². The number of aromatic amines is 1. The van der Waals surface area contributed by atoms with E-state index in [0.29, 0.717) is 6.42 Å². The minimum atomic E-state index is 0.189. The Morgan fingerprint density at radius 3 is 2.65 bits per heavy atom. The van der Waals surface area contributed by atoms with Crippen molar-refractivity contribution in [3.63, 3.8) is 0 Å². The third-order valence-corrected chi connectivity index (χ3v) is 4.49. The molecule has 1 fully saturated rings. The van der Waals surface area contributed by atoms with Gasteiger partial charge in [0.15, 0.2) is 0 Å². The number of anilines is 1. The molecular weight excluding hydrogens is 290 g/mol. The van der Waals surface area contributed by atoms with Gasteiger partial charge in [0.2, 0.25) is 5.91 Å². The van der Waals surface area contributed by atoms with Gasteiger partial charge in [0.05, 0.1) is 12.1 Å². The number of hydrogen-bond acceptors (Lipinski definition) is 4. The lowest BCUT2D eigenvalue weighted by Crippen LogP contribution is -2.36. The van der Waals surface area contributed by atoms with E-state index < -0.39 is 0 Å². The summed E-state index contributed by atoms with van der Waals surface area (Å²) in [6.45, 7) is 7.32. The number of pyridine rings is 1. The number of carbonyl (C=O) groups is 1. The van der Waals surface area contributed by atoms with Gasteiger partial charge in [-0.3, -0.25) is 14.9 Å². The Morgan fingerprint density at radius 2 is 1.96 bits per heavy atom. The number of rotatable bonds is 3. The van der Waals surface area contributed by atoms with Crippen molar-refractivity contribution in [1.29, 1.82) is 0 Å². The van der Waals surface area contributed by atoms with Crippen molar-refractivity contribution < 1.29 is 4.79 Å². The molecule has 2 aromatic rings. The summed E-state index contributed by atoms with van der Waals surface area (Å²) in [6, 6.07) is 4.05. The molecule has 0 atom stereocenters. The van der Waals surface area contributed by atoms with Crippen LogP contribution in [0.2, 0.25) is 0 Å². The summed E-state index contributed by atoms with van der Waals surface area (Å²) in [4.78, 5) is 21.0. The van der Waals surface area contributed by atoms with Gasteiger partial charge >= 0.3 is 0 Å². The van der Waals surface area contributed by atoms with E-state index in [1.807, 2.05) is 43.3 Å². The molecule has 6 nitrogen and oxygen atoms in total. The van der Waals surface area contributed by atoms with Crippen LogP contribution in [0, 0.1) is 13.8 Å². The molecular formula is C17H23N5O. The number of H-pyrrole nitrogens is 1. The molecule has 1 aliphatic rings. The van der Waals surface area contributed by atoms with Crippen molar-refractivity contribution in [1.82, 2.24) is 20.1 Å². The van der Waals surface area contributed by atoms with E-state index in [-0.39, 0.29) is 5.91 Å². The molecule has 1 saturated heterocycles. The molecule has 0 unspecified atom stereocenters. The average Bonchev–Trinajstić information content (AvgIpc) is 2.79. The molecule has 0 saturated carbocycles. The van der Waals surface area contributed by atoms with Crippen LogP contribution < -0.4 is 4.90 Å². The molecule has 1 N–H and O–H groups in total. The summed E-state index contributed by atoms with van der Waals surface area (Å²) in [5.74, 6) is 0.189. The van der Waals surface area contributed by atoms with E-state index in [9.17, 15) is 4.79 Å². The molecule has 0 spiro atoms. The van der Waals surface area contributed by atoms with Crippen LogP contribution in [0.1, 0.15) is 23.4 Å². The number of nitrogens with zero attached hydrogens (tertiary/aromatic N) is 4. The molecule has 122 valence electrons. The Bertz CT molecular complexity index is 647. The van der Waals surface area contributed by atoms with Crippen molar-refractivity contribution >= 4 is 11.6 Å². The van der Waals surface area contributed by atoms with Crippen LogP contribution in [-0.4, -0.2) is 52.2 Å². The smallest absolute Gasteiger partial charge is 0.227 e. The van der Waals surface area contributed by atoms with Crippen molar-refractivity contribution in [3.05, 3.63) is 41.5 Å². The maximum atomic E-state index is 12.6. The van der Waals surface area contributed by atoms with Gasteiger partial charge in [0, 0.05) is 55.5 Å². The molecule has 2 aromatic heterocycles. The maximum absolute atomic E-state index is 12.6. The van der Waals surface area contributed by atoms with Crippen LogP contribution in [0.15, 0.2) is 24.5 Å². The summed E-state index contributed by atoms with van der Waals surface area (Å²) in [5.41, 5.74) is 4.12. The van der Waals surface area contributed by atoms with Crippen LogP contribution in [0.3, 0.4) is 0 Å². The zero-order valence-corrected chi connectivity index (χ0v) is 13.7. The molecule has 0 bridgehead atoms. The van der Waals surface area contributed by atoms with Crippen LogP contribution in [-0.2, 0) is 11.2 Å². The summed E-state index contributed by atoms with van der Waals surface area (Å²) in [6.07, 6.45) is 5.04. The van der Waals surface area contributed by atoms with Crippen LogP contribution >= 0.6 is 0 Å². The van der Waals surface area contributed by atoms with Crippen molar-refractivity contribution in [3.8, 4) is 0 Å². The molecule has 0 aliphatic carbocycles. The van der Waals surface area contributed by atoms with Crippen molar-refractivity contribution in [2.75, 3.05) is 31.1 Å². The summed E-state index contributed by atoms with van der Waals surface area (Å²) in [5, 5.41) is 7.13. The van der Waals surface area contributed by atoms with Gasteiger partial charge in [-0.05, 0) is 32.4 Å². The number of carbonyl (C=O) groups excluding carboxylic acids is 1. The summed E-state index contributed by atoms with van der Waals surface area (Å²) >= 11 is 0. The van der Waals surface area contributed by atoms with Crippen molar-refractivity contribution in [2.24, 2.45) is 0 Å². The van der Waals surface area contributed by atoms with Crippen LogP contribution in [0.5, 0.6) is 0 Å². The normalized spacial score (nSPS) is 15.6. The van der Waals surface area contributed by atoms with E-state index in [4.69, 9.17) is 0 Å². The molecule has 1 amide bonds. The van der Waals surface area contributed by atoms with Gasteiger partial charge in [-0.15, -0.1) is 0 Å². The minimum Gasteiger partial charge on any atom is -0.370 e. The quantitative estimate of drug-likeness (QED) is 0.937. The predicted molar refractivity (Wildman–Crippen MR) is 89.4 cm³/mol. The fourth-order valence-electron chi connectivity index (χ4n) is 3.08. The molecule has 23 heavy (non-hydrogen) atoms. The standard InChI is InChI=1S/C17H23N5O/c1-13-16(14(2)20-19-13)12-17(23)22-9-3-8-21(10-11-22)15-4-6-18-7-5-15/h4-7H,3,8-12H2,1-2H3,(H,19,20). The lowest BCUT2D eigenvalue weighted by molar-refractivity contribution is -0.130. The minimum absolute atomic E-state index is 0.189. The van der Waals surface area contributed by atoms with Gasteiger partial charge < -0.3 is 9.80 Å². The molecule has 0 aromatic carbocycles. The number of amides is 1. The highest BCUT2D eigenvalue weighted by molar-refractivity contribution is 5.79. The third-order valence-electron chi connectivity index (χ3n) is 4.49. The predicted octanol–water partition coefficient (Wildman–Crippen LogP) is 1.70. The molecule has 3 rings (SSSR count). The highest BCUT2D eigenvalue weighted by atomic mass is 16.2. The van der Waals surface area contributed by atoms with Crippen LogP contribution in [0.4, 0.5) is 5.69 Å². The maximum Gasteiger partial charge on any atom is 0.227 e. The summed E-state index contributed by atoms with van der Waals surface area (Å²) < 4.78 is 0. The van der Waals surface area contributed by atoms with Gasteiger partial charge in [-0.1, -0.05) is 0 Å². The zero-order chi connectivity index (χ0) is 16.2. The second-order valence-corrected chi connectivity index (χ2v) is 6.02. The van der Waals surface area contributed by atoms with Gasteiger partial charge in [-0.2, -0.15) is 5.10 Å². The Morgan fingerprint density at radius 1 is 1.17 bits per heavy atom. The second-order valence-electron chi connectivity index (χ2n) is 6.02.